The van der Waals surface area contributed by atoms with Crippen LogP contribution in [0.4, 0.5) is 0 Å². The summed E-state index contributed by atoms with van der Waals surface area (Å²) >= 11 is 0. The molecule has 73 heavy (non-hydrogen) atoms. The number of carbonyl (C=O) groups is 3. The first kappa shape index (κ1) is 70.9. The summed E-state index contributed by atoms with van der Waals surface area (Å²) in [6, 6.07) is 0. The van der Waals surface area contributed by atoms with Gasteiger partial charge < -0.3 is 14.2 Å². The van der Waals surface area contributed by atoms with Crippen molar-refractivity contribution in [3.8, 4) is 0 Å². The highest BCUT2D eigenvalue weighted by atomic mass is 16.6. The molecule has 0 heterocycles. The molecular weight excluding hydrogens is 901 g/mol. The van der Waals surface area contributed by atoms with Crippen molar-refractivity contribution in [3.05, 3.63) is 24.3 Å². The van der Waals surface area contributed by atoms with Crippen LogP contribution >= 0.6 is 0 Å². The average Bonchev–Trinajstić information content (AvgIpc) is 3.39. The lowest BCUT2D eigenvalue weighted by molar-refractivity contribution is -0.167. The van der Waals surface area contributed by atoms with Crippen molar-refractivity contribution in [3.63, 3.8) is 0 Å². The van der Waals surface area contributed by atoms with E-state index < -0.39 is 6.10 Å². The predicted molar refractivity (Wildman–Crippen MR) is 316 cm³/mol. The molecule has 0 bridgehead atoms. The monoisotopic (exact) mass is 1030 g/mol. The molecule has 0 aliphatic rings. The van der Waals surface area contributed by atoms with Gasteiger partial charge in [0.1, 0.15) is 13.2 Å². The standard InChI is InChI=1S/C67H126O6/c1-4-7-10-13-16-19-22-24-26-28-29-30-31-32-33-34-35-36-37-39-40-42-45-48-51-54-57-60-66(69)72-63-64(62-71-65(68)59-56-53-50-47-44-21-18-15-12-9-6-3)73-67(70)61-58-55-52-49-46-43-41-38-27-25-23-20-17-14-11-8-5-2/h15,18,28-29,64H,4-14,16-17,19-27,30-63H2,1-3H3/b18-15-,29-28-. The summed E-state index contributed by atoms with van der Waals surface area (Å²) in [6.45, 7) is 6.66. The number of carbonyl (C=O) groups excluding carboxylic acids is 3. The number of unbranched alkanes of at least 4 members (excludes halogenated alkanes) is 46. The summed E-state index contributed by atoms with van der Waals surface area (Å²) in [6.07, 6.45) is 74.9. The van der Waals surface area contributed by atoms with Gasteiger partial charge in [0.05, 0.1) is 0 Å². The number of rotatable bonds is 61. The zero-order valence-electron chi connectivity index (χ0n) is 49.4. The minimum atomic E-state index is -0.770. The maximum Gasteiger partial charge on any atom is 0.306 e. The molecule has 0 aromatic rings. The average molecular weight is 1030 g/mol. The van der Waals surface area contributed by atoms with Crippen LogP contribution in [0.5, 0.6) is 0 Å². The van der Waals surface area contributed by atoms with Crippen molar-refractivity contribution in [2.24, 2.45) is 0 Å². The number of hydrogen-bond donors (Lipinski definition) is 0. The molecule has 0 radical (unpaired) electrons. The molecule has 6 heteroatoms. The largest absolute Gasteiger partial charge is 0.462 e. The van der Waals surface area contributed by atoms with Crippen molar-refractivity contribution in [2.75, 3.05) is 13.2 Å². The third kappa shape index (κ3) is 60.6. The van der Waals surface area contributed by atoms with E-state index in [2.05, 4.69) is 45.1 Å². The van der Waals surface area contributed by atoms with Gasteiger partial charge >= 0.3 is 17.9 Å². The zero-order chi connectivity index (χ0) is 52.9. The normalized spacial score (nSPS) is 12.1. The second-order valence-electron chi connectivity index (χ2n) is 22.4. The lowest BCUT2D eigenvalue weighted by atomic mass is 10.0. The van der Waals surface area contributed by atoms with Crippen LogP contribution in [0, 0.1) is 0 Å². The third-order valence-corrected chi connectivity index (χ3v) is 14.9. The smallest absolute Gasteiger partial charge is 0.306 e. The van der Waals surface area contributed by atoms with Gasteiger partial charge in [-0.25, -0.2) is 0 Å². The molecular formula is C67H126O6. The molecule has 430 valence electrons. The minimum Gasteiger partial charge on any atom is -0.462 e. The second kappa shape index (κ2) is 62.4. The lowest BCUT2D eigenvalue weighted by Crippen LogP contribution is -2.30. The van der Waals surface area contributed by atoms with E-state index >= 15 is 0 Å². The Morgan fingerprint density at radius 2 is 0.466 bits per heavy atom. The Bertz CT molecular complexity index is 1180. The Hall–Kier alpha value is -2.11. The fourth-order valence-corrected chi connectivity index (χ4v) is 9.95. The van der Waals surface area contributed by atoms with Gasteiger partial charge in [-0.05, 0) is 64.2 Å². The molecule has 0 spiro atoms. The Morgan fingerprint density at radius 1 is 0.260 bits per heavy atom. The summed E-state index contributed by atoms with van der Waals surface area (Å²) in [4.78, 5) is 38.2. The van der Waals surface area contributed by atoms with E-state index in [9.17, 15) is 14.4 Å². The molecule has 6 nitrogen and oxygen atoms in total. The van der Waals surface area contributed by atoms with E-state index in [1.54, 1.807) is 0 Å². The molecule has 0 saturated carbocycles. The summed E-state index contributed by atoms with van der Waals surface area (Å²) in [5, 5.41) is 0. The van der Waals surface area contributed by atoms with Crippen LogP contribution in [0.15, 0.2) is 24.3 Å². The van der Waals surface area contributed by atoms with Gasteiger partial charge in [0.2, 0.25) is 0 Å². The molecule has 0 aliphatic carbocycles. The van der Waals surface area contributed by atoms with Crippen molar-refractivity contribution in [1.29, 1.82) is 0 Å². The molecule has 0 N–H and O–H groups in total. The molecule has 0 aliphatic heterocycles. The number of hydrogen-bond acceptors (Lipinski definition) is 6. The van der Waals surface area contributed by atoms with E-state index in [1.165, 1.54) is 263 Å². The van der Waals surface area contributed by atoms with Crippen LogP contribution in [-0.2, 0) is 28.6 Å². The molecule has 1 atom stereocenters. The van der Waals surface area contributed by atoms with E-state index in [4.69, 9.17) is 14.2 Å². The Kier molecular flexibility index (Phi) is 60.6. The highest BCUT2D eigenvalue weighted by Gasteiger charge is 2.19. The number of esters is 3. The maximum atomic E-state index is 12.9. The Labute approximate surface area is 455 Å². The molecule has 0 aromatic carbocycles. The fourth-order valence-electron chi connectivity index (χ4n) is 9.95. The zero-order valence-corrected chi connectivity index (χ0v) is 49.4. The molecule has 0 fully saturated rings. The minimum absolute atomic E-state index is 0.0683. The Morgan fingerprint density at radius 3 is 0.726 bits per heavy atom. The van der Waals surface area contributed by atoms with Gasteiger partial charge in [0.15, 0.2) is 6.10 Å². The summed E-state index contributed by atoms with van der Waals surface area (Å²) < 4.78 is 16.9. The molecule has 0 saturated heterocycles. The number of allylic oxidation sites excluding steroid dienone is 4. The lowest BCUT2D eigenvalue weighted by Gasteiger charge is -2.18. The number of ether oxygens (including phenoxy) is 3. The first-order chi connectivity index (χ1) is 36.0. The summed E-state index contributed by atoms with van der Waals surface area (Å²) in [7, 11) is 0. The van der Waals surface area contributed by atoms with Gasteiger partial charge in [-0.15, -0.1) is 0 Å². The second-order valence-corrected chi connectivity index (χ2v) is 22.4. The first-order valence-corrected chi connectivity index (χ1v) is 32.8. The van der Waals surface area contributed by atoms with Gasteiger partial charge in [-0.1, -0.05) is 308 Å². The van der Waals surface area contributed by atoms with Gasteiger partial charge in [-0.3, -0.25) is 14.4 Å². The third-order valence-electron chi connectivity index (χ3n) is 14.9. The quantitative estimate of drug-likeness (QED) is 0.0261. The SMILES string of the molecule is CCCC/C=C\CCCCCCCC(=O)OCC(COC(=O)CCCCCCCCCCCCCCCCC/C=C\CCCCCCCCCC)OC(=O)CCCCCCCCCCCCCCCCCCC. The van der Waals surface area contributed by atoms with Crippen LogP contribution in [0.2, 0.25) is 0 Å². The summed E-state index contributed by atoms with van der Waals surface area (Å²) in [5.74, 6) is -0.853. The fraction of sp³-hybridized carbons (Fsp3) is 0.896. The van der Waals surface area contributed by atoms with E-state index in [-0.39, 0.29) is 31.1 Å². The summed E-state index contributed by atoms with van der Waals surface area (Å²) in [5.41, 5.74) is 0. The topological polar surface area (TPSA) is 78.9 Å². The maximum absolute atomic E-state index is 12.9. The van der Waals surface area contributed by atoms with Crippen LogP contribution in [0.3, 0.4) is 0 Å². The first-order valence-electron chi connectivity index (χ1n) is 32.8. The van der Waals surface area contributed by atoms with Crippen molar-refractivity contribution in [1.82, 2.24) is 0 Å². The highest BCUT2D eigenvalue weighted by molar-refractivity contribution is 5.71. The van der Waals surface area contributed by atoms with Gasteiger partial charge in [-0.2, -0.15) is 0 Å². The van der Waals surface area contributed by atoms with Crippen LogP contribution in [-0.4, -0.2) is 37.2 Å². The highest BCUT2D eigenvalue weighted by Crippen LogP contribution is 2.18. The van der Waals surface area contributed by atoms with Crippen molar-refractivity contribution >= 4 is 17.9 Å². The van der Waals surface area contributed by atoms with E-state index in [1.807, 2.05) is 0 Å². The molecule has 1 unspecified atom stereocenters. The van der Waals surface area contributed by atoms with Crippen molar-refractivity contribution < 1.29 is 28.6 Å². The van der Waals surface area contributed by atoms with Crippen molar-refractivity contribution in [2.45, 2.75) is 374 Å². The van der Waals surface area contributed by atoms with Crippen LogP contribution < -0.4 is 0 Å². The predicted octanol–water partition coefficient (Wildman–Crippen LogP) is 22.2. The van der Waals surface area contributed by atoms with E-state index in [0.717, 1.165) is 64.2 Å². The van der Waals surface area contributed by atoms with Gasteiger partial charge in [0, 0.05) is 19.3 Å². The molecule has 0 amide bonds. The molecule has 0 aromatic heterocycles. The molecule has 0 rings (SSSR count). The van der Waals surface area contributed by atoms with E-state index in [0.29, 0.717) is 19.3 Å². The van der Waals surface area contributed by atoms with Crippen LogP contribution in [0.25, 0.3) is 0 Å². The Balaban J connectivity index is 4.15. The van der Waals surface area contributed by atoms with Gasteiger partial charge in [0.25, 0.3) is 0 Å². The van der Waals surface area contributed by atoms with Crippen LogP contribution in [0.1, 0.15) is 367 Å².